The first-order chi connectivity index (χ1) is 9.28. The number of carboxylic acids is 1. The van der Waals surface area contributed by atoms with Gasteiger partial charge in [0, 0.05) is 0 Å². The van der Waals surface area contributed by atoms with Gasteiger partial charge in [0.25, 0.3) is 0 Å². The van der Waals surface area contributed by atoms with Gasteiger partial charge in [-0.1, -0.05) is 30.3 Å². The normalized spacial score (nSPS) is 10.9. The third-order valence-electron chi connectivity index (χ3n) is 2.11. The van der Waals surface area contributed by atoms with E-state index in [-0.39, 0.29) is 6.61 Å². The fourth-order valence-electron chi connectivity index (χ4n) is 1.33. The van der Waals surface area contributed by atoms with Gasteiger partial charge in [0.05, 0.1) is 0 Å². The van der Waals surface area contributed by atoms with Crippen molar-refractivity contribution in [1.29, 1.82) is 0 Å². The molecule has 0 atom stereocenters. The third kappa shape index (κ3) is 6.19. The number of carboxylic acid groups (broad SMARTS) is 1. The van der Waals surface area contributed by atoms with Crippen molar-refractivity contribution in [3.8, 4) is 0 Å². The van der Waals surface area contributed by atoms with E-state index in [4.69, 9.17) is 14.7 Å². The summed E-state index contributed by atoms with van der Waals surface area (Å²) in [5.74, 6) is -1.18. The summed E-state index contributed by atoms with van der Waals surface area (Å²) in [6, 6.07) is 9.13. The number of amides is 1. The second kappa shape index (κ2) is 6.91. The van der Waals surface area contributed by atoms with E-state index < -0.39 is 24.2 Å². The molecule has 0 saturated carbocycles. The minimum absolute atomic E-state index is 0.0906. The van der Waals surface area contributed by atoms with Crippen molar-refractivity contribution in [3.05, 3.63) is 35.9 Å². The van der Waals surface area contributed by atoms with Gasteiger partial charge in [-0.25, -0.2) is 4.79 Å². The lowest BCUT2D eigenvalue weighted by Crippen LogP contribution is -2.39. The maximum atomic E-state index is 11.8. The Bertz CT molecular complexity index is 452. The number of carbonyl (C=O) groups excluding carboxylic acids is 1. The molecule has 1 N–H and O–H groups in total. The maximum Gasteiger partial charge on any atom is 0.435 e. The van der Waals surface area contributed by atoms with Gasteiger partial charge in [0.1, 0.15) is 18.8 Å². The highest BCUT2D eigenvalue weighted by molar-refractivity contribution is 5.76. The van der Waals surface area contributed by atoms with Crippen LogP contribution in [0.15, 0.2) is 30.3 Å². The topological polar surface area (TPSA) is 76.1 Å². The molecule has 0 bridgehead atoms. The lowest BCUT2D eigenvalue weighted by atomic mass is 10.2. The first-order valence-electron chi connectivity index (χ1n) is 6.17. The van der Waals surface area contributed by atoms with Gasteiger partial charge >= 0.3 is 12.1 Å². The molecule has 0 aliphatic carbocycles. The number of carbonyl (C=O) groups is 2. The number of nitrogens with zero attached hydrogens (tertiary/aromatic N) is 1. The van der Waals surface area contributed by atoms with Gasteiger partial charge in [0.15, 0.2) is 0 Å². The molecule has 1 aromatic rings. The zero-order valence-electron chi connectivity index (χ0n) is 11.8. The van der Waals surface area contributed by atoms with Crippen molar-refractivity contribution < 1.29 is 24.3 Å². The summed E-state index contributed by atoms with van der Waals surface area (Å²) in [4.78, 5) is 27.8. The minimum Gasteiger partial charge on any atom is -0.480 e. The predicted molar refractivity (Wildman–Crippen MR) is 71.8 cm³/mol. The molecule has 0 aliphatic rings. The zero-order chi connectivity index (χ0) is 15.2. The van der Waals surface area contributed by atoms with E-state index in [1.54, 1.807) is 20.8 Å². The Labute approximate surface area is 117 Å². The molecule has 0 unspecified atom stereocenters. The third-order valence-corrected chi connectivity index (χ3v) is 2.11. The summed E-state index contributed by atoms with van der Waals surface area (Å²) in [6.07, 6.45) is -0.823. The van der Waals surface area contributed by atoms with Crippen LogP contribution in [-0.2, 0) is 21.0 Å². The molecule has 0 aliphatic heterocycles. The molecule has 6 nitrogen and oxygen atoms in total. The minimum atomic E-state index is -1.18. The van der Waals surface area contributed by atoms with Crippen molar-refractivity contribution in [2.45, 2.75) is 33.0 Å². The number of hydrogen-bond donors (Lipinski definition) is 1. The van der Waals surface area contributed by atoms with Crippen LogP contribution in [0.5, 0.6) is 0 Å². The van der Waals surface area contributed by atoms with Crippen molar-refractivity contribution in [2.24, 2.45) is 0 Å². The average molecular weight is 281 g/mol. The maximum absolute atomic E-state index is 11.8. The van der Waals surface area contributed by atoms with Crippen LogP contribution in [0, 0.1) is 0 Å². The van der Waals surface area contributed by atoms with Crippen molar-refractivity contribution >= 4 is 12.1 Å². The summed E-state index contributed by atoms with van der Waals surface area (Å²) in [7, 11) is 0. The first-order valence-corrected chi connectivity index (χ1v) is 6.17. The molecular formula is C14H19NO5. The lowest BCUT2D eigenvalue weighted by Gasteiger charge is -2.25. The molecule has 0 aromatic heterocycles. The number of rotatable bonds is 5. The summed E-state index contributed by atoms with van der Waals surface area (Å²) in [5.41, 5.74) is 0.107. The van der Waals surface area contributed by atoms with Crippen LogP contribution in [0.4, 0.5) is 4.79 Å². The summed E-state index contributed by atoms with van der Waals surface area (Å²) >= 11 is 0. The molecular weight excluding hydrogens is 262 g/mol. The predicted octanol–water partition coefficient (Wildman–Crippen LogP) is 2.44. The van der Waals surface area contributed by atoms with Crippen LogP contribution < -0.4 is 0 Å². The van der Waals surface area contributed by atoms with Crippen molar-refractivity contribution in [3.63, 3.8) is 0 Å². The molecule has 6 heteroatoms. The molecule has 0 fully saturated rings. The van der Waals surface area contributed by atoms with E-state index in [1.165, 1.54) is 0 Å². The Balaban J connectivity index is 2.64. The second-order valence-electron chi connectivity index (χ2n) is 5.17. The Morgan fingerprint density at radius 3 is 2.30 bits per heavy atom. The van der Waals surface area contributed by atoms with Crippen LogP contribution in [0.25, 0.3) is 0 Å². The van der Waals surface area contributed by atoms with Gasteiger partial charge < -0.3 is 9.84 Å². The van der Waals surface area contributed by atoms with Crippen LogP contribution in [0.1, 0.15) is 26.3 Å². The molecule has 110 valence electrons. The summed E-state index contributed by atoms with van der Waals surface area (Å²) in [5, 5.41) is 9.51. The van der Waals surface area contributed by atoms with Crippen LogP contribution in [-0.4, -0.2) is 34.4 Å². The fraction of sp³-hybridized carbons (Fsp3) is 0.429. The second-order valence-corrected chi connectivity index (χ2v) is 5.17. The monoisotopic (exact) mass is 281 g/mol. The fourth-order valence-corrected chi connectivity index (χ4v) is 1.33. The van der Waals surface area contributed by atoms with Gasteiger partial charge in [-0.15, -0.1) is 0 Å². The zero-order valence-corrected chi connectivity index (χ0v) is 11.8. The molecule has 20 heavy (non-hydrogen) atoms. The van der Waals surface area contributed by atoms with E-state index in [0.717, 1.165) is 5.56 Å². The average Bonchev–Trinajstić information content (AvgIpc) is 2.33. The van der Waals surface area contributed by atoms with Gasteiger partial charge in [-0.2, -0.15) is 5.06 Å². The van der Waals surface area contributed by atoms with Crippen molar-refractivity contribution in [2.75, 3.05) is 6.54 Å². The molecule has 1 rings (SSSR count). The molecule has 0 heterocycles. The van der Waals surface area contributed by atoms with Crippen LogP contribution in [0.3, 0.4) is 0 Å². The quantitative estimate of drug-likeness (QED) is 0.839. The summed E-state index contributed by atoms with van der Waals surface area (Å²) < 4.78 is 5.09. The van der Waals surface area contributed by atoms with Crippen molar-refractivity contribution in [1.82, 2.24) is 5.06 Å². The van der Waals surface area contributed by atoms with E-state index >= 15 is 0 Å². The molecule has 1 amide bonds. The number of benzene rings is 1. The van der Waals surface area contributed by atoms with Crippen LogP contribution >= 0.6 is 0 Å². The SMILES string of the molecule is CC(C)(C)OC(=O)N(CC(=O)O)OCc1ccccc1. The van der Waals surface area contributed by atoms with E-state index in [1.807, 2.05) is 30.3 Å². The summed E-state index contributed by atoms with van der Waals surface area (Å²) in [6.45, 7) is 4.60. The van der Waals surface area contributed by atoms with Gasteiger partial charge in [0.2, 0.25) is 0 Å². The standard InChI is InChI=1S/C14H19NO5/c1-14(2,3)20-13(18)15(9-12(16)17)19-10-11-7-5-4-6-8-11/h4-8H,9-10H2,1-3H3,(H,16,17). The number of hydrogen-bond acceptors (Lipinski definition) is 4. The van der Waals surface area contributed by atoms with Gasteiger partial charge in [-0.3, -0.25) is 9.63 Å². The number of aliphatic carboxylic acids is 1. The smallest absolute Gasteiger partial charge is 0.435 e. The van der Waals surface area contributed by atoms with Crippen LogP contribution in [0.2, 0.25) is 0 Å². The Morgan fingerprint density at radius 1 is 1.20 bits per heavy atom. The van der Waals surface area contributed by atoms with Gasteiger partial charge in [-0.05, 0) is 26.3 Å². The Kier molecular flexibility index (Phi) is 5.52. The lowest BCUT2D eigenvalue weighted by molar-refractivity contribution is -0.173. The first kappa shape index (κ1) is 16.0. The highest BCUT2D eigenvalue weighted by Gasteiger charge is 2.24. The molecule has 0 spiro atoms. The molecule has 0 radical (unpaired) electrons. The Hall–Kier alpha value is -2.08. The highest BCUT2D eigenvalue weighted by atomic mass is 16.7. The number of hydroxylamine groups is 2. The molecule has 1 aromatic carbocycles. The van der Waals surface area contributed by atoms with E-state index in [0.29, 0.717) is 5.06 Å². The molecule has 0 saturated heterocycles. The largest absolute Gasteiger partial charge is 0.480 e. The Morgan fingerprint density at radius 2 is 1.80 bits per heavy atom. The van der Waals surface area contributed by atoms with E-state index in [9.17, 15) is 9.59 Å². The number of ether oxygens (including phenoxy) is 1. The highest BCUT2D eigenvalue weighted by Crippen LogP contribution is 2.11. The van der Waals surface area contributed by atoms with E-state index in [2.05, 4.69) is 0 Å².